The van der Waals surface area contributed by atoms with Crippen LogP contribution in [-0.4, -0.2) is 30.1 Å². The lowest BCUT2D eigenvalue weighted by atomic mass is 10.2. The number of nitrogens with zero attached hydrogens (tertiary/aromatic N) is 1. The largest absolute Gasteiger partial charge is 0.433 e. The van der Waals surface area contributed by atoms with Crippen molar-refractivity contribution in [1.29, 1.82) is 0 Å². The maximum absolute atomic E-state index is 12.6. The highest BCUT2D eigenvalue weighted by atomic mass is 19.4. The smallest absolute Gasteiger partial charge is 0.376 e. The van der Waals surface area contributed by atoms with Crippen LogP contribution in [0.15, 0.2) is 12.1 Å². The molecule has 20 heavy (non-hydrogen) atoms. The number of nitrogens with two attached hydrogens (primary N) is 1. The number of nitrogens with one attached hydrogen (secondary N) is 1. The van der Waals surface area contributed by atoms with Gasteiger partial charge in [0.15, 0.2) is 0 Å². The SMILES string of the molecule is NC(=O)c1ccc(C(F)(F)F)nc1NCC1CCCO1. The first-order valence-electron chi connectivity index (χ1n) is 6.11. The lowest BCUT2D eigenvalue weighted by Gasteiger charge is -2.15. The zero-order valence-electron chi connectivity index (χ0n) is 10.5. The summed E-state index contributed by atoms with van der Waals surface area (Å²) in [5.74, 6) is -0.996. The summed E-state index contributed by atoms with van der Waals surface area (Å²) in [6.45, 7) is 0.916. The average molecular weight is 289 g/mol. The third-order valence-corrected chi connectivity index (χ3v) is 2.97. The second-order valence-electron chi connectivity index (χ2n) is 4.47. The number of hydrogen-bond acceptors (Lipinski definition) is 4. The first kappa shape index (κ1) is 14.6. The first-order valence-corrected chi connectivity index (χ1v) is 6.11. The highest BCUT2D eigenvalue weighted by Crippen LogP contribution is 2.29. The van der Waals surface area contributed by atoms with E-state index in [1.807, 2.05) is 0 Å². The molecule has 1 aromatic heterocycles. The molecule has 2 rings (SSSR count). The van der Waals surface area contributed by atoms with Crippen LogP contribution < -0.4 is 11.1 Å². The molecule has 110 valence electrons. The van der Waals surface area contributed by atoms with Crippen LogP contribution >= 0.6 is 0 Å². The highest BCUT2D eigenvalue weighted by molar-refractivity contribution is 5.97. The standard InChI is InChI=1S/C12H14F3N3O2/c13-12(14,15)9-4-3-8(10(16)19)11(18-9)17-6-7-2-1-5-20-7/h3-4,7H,1-2,5-6H2,(H2,16,19)(H,17,18). The van der Waals surface area contributed by atoms with Gasteiger partial charge >= 0.3 is 6.18 Å². The van der Waals surface area contributed by atoms with Crippen LogP contribution in [-0.2, 0) is 10.9 Å². The van der Waals surface area contributed by atoms with Gasteiger partial charge in [0, 0.05) is 13.2 Å². The fourth-order valence-corrected chi connectivity index (χ4v) is 1.97. The number of rotatable bonds is 4. The number of aromatic nitrogens is 1. The van der Waals surface area contributed by atoms with E-state index in [9.17, 15) is 18.0 Å². The Kier molecular flexibility index (Phi) is 4.12. The van der Waals surface area contributed by atoms with Gasteiger partial charge in [-0.15, -0.1) is 0 Å². The fourth-order valence-electron chi connectivity index (χ4n) is 1.97. The number of carbonyl (C=O) groups excluding carboxylic acids is 1. The minimum Gasteiger partial charge on any atom is -0.376 e. The summed E-state index contributed by atoms with van der Waals surface area (Å²) in [7, 11) is 0. The van der Waals surface area contributed by atoms with E-state index in [2.05, 4.69) is 10.3 Å². The summed E-state index contributed by atoms with van der Waals surface area (Å²) in [4.78, 5) is 14.6. The van der Waals surface area contributed by atoms with Gasteiger partial charge in [0.1, 0.15) is 11.5 Å². The molecule has 0 spiro atoms. The summed E-state index contributed by atoms with van der Waals surface area (Å²) in [5.41, 5.74) is 3.98. The van der Waals surface area contributed by atoms with Gasteiger partial charge in [-0.1, -0.05) is 0 Å². The number of amides is 1. The molecule has 1 aliphatic rings. The molecule has 1 unspecified atom stereocenters. The molecule has 0 aromatic carbocycles. The van der Waals surface area contributed by atoms with Crippen LogP contribution in [0.4, 0.5) is 19.0 Å². The van der Waals surface area contributed by atoms with Crippen molar-refractivity contribution in [1.82, 2.24) is 4.98 Å². The third kappa shape index (κ3) is 3.38. The molecular formula is C12H14F3N3O2. The molecule has 0 saturated carbocycles. The number of anilines is 1. The van der Waals surface area contributed by atoms with Gasteiger partial charge in [0.2, 0.25) is 0 Å². The van der Waals surface area contributed by atoms with Crippen LogP contribution in [0, 0.1) is 0 Å². The minimum atomic E-state index is -4.57. The molecule has 0 aliphatic carbocycles. The fraction of sp³-hybridized carbons (Fsp3) is 0.500. The number of pyridine rings is 1. The number of ether oxygens (including phenoxy) is 1. The number of carbonyl (C=O) groups is 1. The lowest BCUT2D eigenvalue weighted by Crippen LogP contribution is -2.23. The topological polar surface area (TPSA) is 77.2 Å². The van der Waals surface area contributed by atoms with E-state index in [4.69, 9.17) is 10.5 Å². The lowest BCUT2D eigenvalue weighted by molar-refractivity contribution is -0.141. The molecule has 1 saturated heterocycles. The molecule has 5 nitrogen and oxygen atoms in total. The molecule has 1 amide bonds. The van der Waals surface area contributed by atoms with Gasteiger partial charge in [0.25, 0.3) is 5.91 Å². The van der Waals surface area contributed by atoms with E-state index >= 15 is 0 Å². The monoisotopic (exact) mass is 289 g/mol. The maximum Gasteiger partial charge on any atom is 0.433 e. The van der Waals surface area contributed by atoms with Crippen molar-refractivity contribution < 1.29 is 22.7 Å². The molecule has 1 atom stereocenters. The van der Waals surface area contributed by atoms with Gasteiger partial charge in [-0.05, 0) is 25.0 Å². The van der Waals surface area contributed by atoms with E-state index < -0.39 is 17.8 Å². The predicted octanol–water partition coefficient (Wildman–Crippen LogP) is 1.79. The average Bonchev–Trinajstić information content (AvgIpc) is 2.87. The molecule has 0 bridgehead atoms. The number of halogens is 3. The van der Waals surface area contributed by atoms with Gasteiger partial charge in [-0.3, -0.25) is 4.79 Å². The highest BCUT2D eigenvalue weighted by Gasteiger charge is 2.33. The molecule has 8 heteroatoms. The van der Waals surface area contributed by atoms with Crippen LogP contribution in [0.1, 0.15) is 28.9 Å². The summed E-state index contributed by atoms with van der Waals surface area (Å²) in [6, 6.07) is 1.76. The summed E-state index contributed by atoms with van der Waals surface area (Å²) in [6.07, 6.45) is -2.94. The number of alkyl halides is 3. The minimum absolute atomic E-state index is 0.0732. The Labute approximate surface area is 113 Å². The molecule has 0 radical (unpaired) electrons. The third-order valence-electron chi connectivity index (χ3n) is 2.97. The second-order valence-corrected chi connectivity index (χ2v) is 4.47. The van der Waals surface area contributed by atoms with Gasteiger partial charge in [-0.25, -0.2) is 4.98 Å². The molecular weight excluding hydrogens is 275 g/mol. The summed E-state index contributed by atoms with van der Waals surface area (Å²) >= 11 is 0. The van der Waals surface area contributed by atoms with Crippen molar-refractivity contribution in [3.8, 4) is 0 Å². The van der Waals surface area contributed by atoms with Crippen molar-refractivity contribution in [2.45, 2.75) is 25.1 Å². The van der Waals surface area contributed by atoms with Gasteiger partial charge < -0.3 is 15.8 Å². The van der Waals surface area contributed by atoms with Crippen molar-refractivity contribution in [2.24, 2.45) is 5.73 Å². The van der Waals surface area contributed by atoms with E-state index in [0.717, 1.165) is 25.0 Å². The zero-order chi connectivity index (χ0) is 14.8. The van der Waals surface area contributed by atoms with E-state index in [-0.39, 0.29) is 24.0 Å². The maximum atomic E-state index is 12.6. The summed E-state index contributed by atoms with van der Waals surface area (Å²) < 4.78 is 43.2. The molecule has 2 heterocycles. The van der Waals surface area contributed by atoms with Gasteiger partial charge in [0.05, 0.1) is 11.7 Å². The van der Waals surface area contributed by atoms with Crippen LogP contribution in [0.3, 0.4) is 0 Å². The zero-order valence-corrected chi connectivity index (χ0v) is 10.5. The Morgan fingerprint density at radius 1 is 1.50 bits per heavy atom. The first-order chi connectivity index (χ1) is 9.38. The van der Waals surface area contributed by atoms with Crippen molar-refractivity contribution in [2.75, 3.05) is 18.5 Å². The van der Waals surface area contributed by atoms with Crippen molar-refractivity contribution in [3.05, 3.63) is 23.4 Å². The van der Waals surface area contributed by atoms with E-state index in [0.29, 0.717) is 6.61 Å². The van der Waals surface area contributed by atoms with Gasteiger partial charge in [-0.2, -0.15) is 13.2 Å². The Morgan fingerprint density at radius 3 is 2.80 bits per heavy atom. The Bertz CT molecular complexity index is 499. The van der Waals surface area contributed by atoms with Crippen LogP contribution in [0.25, 0.3) is 0 Å². The Morgan fingerprint density at radius 2 is 2.25 bits per heavy atom. The molecule has 1 aromatic rings. The molecule has 1 aliphatic heterocycles. The quantitative estimate of drug-likeness (QED) is 0.886. The molecule has 1 fully saturated rings. The van der Waals surface area contributed by atoms with Crippen molar-refractivity contribution >= 4 is 11.7 Å². The predicted molar refractivity (Wildman–Crippen MR) is 65.2 cm³/mol. The normalized spacial score (nSPS) is 19.1. The number of hydrogen-bond donors (Lipinski definition) is 2. The number of primary amides is 1. The van der Waals surface area contributed by atoms with Crippen LogP contribution in [0.2, 0.25) is 0 Å². The second kappa shape index (κ2) is 5.66. The Hall–Kier alpha value is -1.83. The summed E-state index contributed by atoms with van der Waals surface area (Å²) in [5, 5.41) is 2.71. The Balaban J connectivity index is 2.20. The van der Waals surface area contributed by atoms with E-state index in [1.54, 1.807) is 0 Å². The molecule has 3 N–H and O–H groups in total. The van der Waals surface area contributed by atoms with E-state index in [1.165, 1.54) is 0 Å². The van der Waals surface area contributed by atoms with Crippen LogP contribution in [0.5, 0.6) is 0 Å². The van der Waals surface area contributed by atoms with Crippen molar-refractivity contribution in [3.63, 3.8) is 0 Å².